The Kier molecular flexibility index (Phi) is 4.96. The molecule has 1 aliphatic carbocycles. The Balaban J connectivity index is 1.44. The fourth-order valence-corrected chi connectivity index (χ4v) is 4.56. The number of hydrogen-bond acceptors (Lipinski definition) is 3. The number of nitrogens with one attached hydrogen (secondary N) is 2. The van der Waals surface area contributed by atoms with E-state index in [1.54, 1.807) is 0 Å². The third kappa shape index (κ3) is 3.69. The SMILES string of the molecule is Cc1ccc([C@H]2C[C@@H](C(F)F)n3ncc(C(=O)Nc4ccc5c(c4)CCC5)c3N2)cc1. The van der Waals surface area contributed by atoms with Crippen LogP contribution in [0.4, 0.5) is 20.3 Å². The fourth-order valence-electron chi connectivity index (χ4n) is 4.56. The molecule has 7 heteroatoms. The predicted molar refractivity (Wildman–Crippen MR) is 116 cm³/mol. The van der Waals surface area contributed by atoms with Crippen LogP contribution in [0.3, 0.4) is 0 Å². The number of fused-ring (bicyclic) bond motifs is 2. The number of carbonyl (C=O) groups is 1. The van der Waals surface area contributed by atoms with Crippen LogP contribution in [0.1, 0.15) is 57.5 Å². The van der Waals surface area contributed by atoms with Gasteiger partial charge >= 0.3 is 0 Å². The summed E-state index contributed by atoms with van der Waals surface area (Å²) in [6.45, 7) is 1.98. The molecule has 1 aliphatic heterocycles. The average molecular weight is 422 g/mol. The maximum atomic E-state index is 13.8. The molecule has 0 fully saturated rings. The minimum atomic E-state index is -2.58. The quantitative estimate of drug-likeness (QED) is 0.600. The van der Waals surface area contributed by atoms with E-state index in [0.717, 1.165) is 30.4 Å². The topological polar surface area (TPSA) is 59.0 Å². The lowest BCUT2D eigenvalue weighted by Gasteiger charge is -2.32. The molecule has 1 aromatic heterocycles. The van der Waals surface area contributed by atoms with Crippen LogP contribution in [-0.2, 0) is 12.8 Å². The van der Waals surface area contributed by atoms with Crippen molar-refractivity contribution >= 4 is 17.4 Å². The number of hydrogen-bond donors (Lipinski definition) is 2. The van der Waals surface area contributed by atoms with Crippen LogP contribution in [-0.4, -0.2) is 22.1 Å². The molecule has 0 saturated heterocycles. The van der Waals surface area contributed by atoms with Gasteiger partial charge in [-0.25, -0.2) is 13.5 Å². The maximum absolute atomic E-state index is 13.8. The number of aryl methyl sites for hydroxylation is 3. The molecule has 2 aliphatic rings. The second-order valence-electron chi connectivity index (χ2n) is 8.39. The second-order valence-corrected chi connectivity index (χ2v) is 8.39. The highest BCUT2D eigenvalue weighted by atomic mass is 19.3. The molecule has 160 valence electrons. The highest BCUT2D eigenvalue weighted by molar-refractivity contribution is 6.07. The van der Waals surface area contributed by atoms with Crippen molar-refractivity contribution in [2.75, 3.05) is 10.6 Å². The molecule has 2 aromatic carbocycles. The molecular weight excluding hydrogens is 398 g/mol. The summed E-state index contributed by atoms with van der Waals surface area (Å²) in [7, 11) is 0. The molecule has 2 heterocycles. The van der Waals surface area contributed by atoms with E-state index in [9.17, 15) is 13.6 Å². The number of benzene rings is 2. The van der Waals surface area contributed by atoms with Crippen LogP contribution in [0.2, 0.25) is 0 Å². The fraction of sp³-hybridized carbons (Fsp3) is 0.333. The van der Waals surface area contributed by atoms with Gasteiger partial charge in [-0.05, 0) is 61.4 Å². The van der Waals surface area contributed by atoms with E-state index >= 15 is 0 Å². The van der Waals surface area contributed by atoms with Crippen molar-refractivity contribution in [3.8, 4) is 0 Å². The lowest BCUT2D eigenvalue weighted by Crippen LogP contribution is -2.31. The molecule has 5 nitrogen and oxygen atoms in total. The minimum absolute atomic E-state index is 0.196. The van der Waals surface area contributed by atoms with Gasteiger partial charge in [-0.2, -0.15) is 5.10 Å². The summed E-state index contributed by atoms with van der Waals surface area (Å²) in [5, 5.41) is 10.3. The molecule has 2 N–H and O–H groups in total. The van der Waals surface area contributed by atoms with Crippen LogP contribution < -0.4 is 10.6 Å². The summed E-state index contributed by atoms with van der Waals surface area (Å²) in [6, 6.07) is 12.3. The zero-order valence-electron chi connectivity index (χ0n) is 17.2. The van der Waals surface area contributed by atoms with Gasteiger partial charge in [0.25, 0.3) is 12.3 Å². The van der Waals surface area contributed by atoms with Gasteiger partial charge in [0.2, 0.25) is 0 Å². The molecule has 0 radical (unpaired) electrons. The summed E-state index contributed by atoms with van der Waals surface area (Å²) in [4.78, 5) is 13.0. The van der Waals surface area contributed by atoms with Crippen molar-refractivity contribution in [1.82, 2.24) is 9.78 Å². The van der Waals surface area contributed by atoms with Gasteiger partial charge < -0.3 is 10.6 Å². The minimum Gasteiger partial charge on any atom is -0.363 e. The number of amides is 1. The number of anilines is 2. The first-order chi connectivity index (χ1) is 15.0. The Morgan fingerprint density at radius 1 is 1.16 bits per heavy atom. The Labute approximate surface area is 179 Å². The van der Waals surface area contributed by atoms with Crippen LogP contribution in [0.25, 0.3) is 0 Å². The van der Waals surface area contributed by atoms with E-state index < -0.39 is 12.5 Å². The molecule has 5 rings (SSSR count). The molecule has 0 spiro atoms. The van der Waals surface area contributed by atoms with Crippen LogP contribution in [0, 0.1) is 6.92 Å². The van der Waals surface area contributed by atoms with E-state index in [2.05, 4.69) is 15.7 Å². The predicted octanol–water partition coefficient (Wildman–Crippen LogP) is 5.30. The number of nitrogens with zero attached hydrogens (tertiary/aromatic N) is 2. The van der Waals surface area contributed by atoms with Crippen molar-refractivity contribution in [2.24, 2.45) is 0 Å². The molecular formula is C24H24F2N4O. The number of halogens is 2. The first-order valence-electron chi connectivity index (χ1n) is 10.6. The Hall–Kier alpha value is -3.22. The normalized spacial score (nSPS) is 19.6. The number of carbonyl (C=O) groups excluding carboxylic acids is 1. The molecule has 2 atom stereocenters. The number of rotatable bonds is 4. The highest BCUT2D eigenvalue weighted by Gasteiger charge is 2.36. The van der Waals surface area contributed by atoms with Crippen molar-refractivity contribution < 1.29 is 13.6 Å². The lowest BCUT2D eigenvalue weighted by molar-refractivity contribution is 0.0657. The maximum Gasteiger partial charge on any atom is 0.261 e. The Morgan fingerprint density at radius 3 is 2.71 bits per heavy atom. The second kappa shape index (κ2) is 7.80. The summed E-state index contributed by atoms with van der Waals surface area (Å²) < 4.78 is 29.0. The zero-order chi connectivity index (χ0) is 21.5. The highest BCUT2D eigenvalue weighted by Crippen LogP contribution is 2.39. The molecule has 0 unspecified atom stereocenters. The van der Waals surface area contributed by atoms with Crippen molar-refractivity contribution in [2.45, 2.75) is 51.1 Å². The lowest BCUT2D eigenvalue weighted by atomic mass is 9.96. The van der Waals surface area contributed by atoms with E-state index in [-0.39, 0.29) is 23.9 Å². The first-order valence-corrected chi connectivity index (χ1v) is 10.6. The molecule has 3 aromatic rings. The Bertz CT molecular complexity index is 1120. The van der Waals surface area contributed by atoms with Crippen molar-refractivity contribution in [1.29, 1.82) is 0 Å². The van der Waals surface area contributed by atoms with E-state index in [4.69, 9.17) is 0 Å². The third-order valence-electron chi connectivity index (χ3n) is 6.27. The van der Waals surface area contributed by atoms with Crippen molar-refractivity contribution in [3.05, 3.63) is 76.5 Å². The largest absolute Gasteiger partial charge is 0.363 e. The van der Waals surface area contributed by atoms with Crippen LogP contribution in [0.5, 0.6) is 0 Å². The molecule has 0 bridgehead atoms. The summed E-state index contributed by atoms with van der Waals surface area (Å²) in [6.07, 6.45) is 2.20. The standard InChI is InChI=1S/C24H24F2N4O/c1-14-5-7-16(8-6-14)20-12-21(22(25)26)30-23(29-20)19(13-27-30)24(31)28-18-10-9-15-3-2-4-17(15)11-18/h5-11,13,20-22,29H,2-4,12H2,1H3,(H,28,31)/t20-,21+/m1/s1. The van der Waals surface area contributed by atoms with E-state index in [1.165, 1.54) is 22.0 Å². The van der Waals surface area contributed by atoms with Crippen LogP contribution >= 0.6 is 0 Å². The van der Waals surface area contributed by atoms with Gasteiger partial charge in [0, 0.05) is 5.69 Å². The average Bonchev–Trinajstić information content (AvgIpc) is 3.40. The molecule has 0 saturated carbocycles. The van der Waals surface area contributed by atoms with Crippen molar-refractivity contribution in [3.63, 3.8) is 0 Å². The Morgan fingerprint density at radius 2 is 1.94 bits per heavy atom. The van der Waals surface area contributed by atoms with Gasteiger partial charge in [0.1, 0.15) is 17.4 Å². The first kappa shape index (κ1) is 19.7. The number of alkyl halides is 2. The van der Waals surface area contributed by atoms with Gasteiger partial charge in [-0.15, -0.1) is 0 Å². The number of aromatic nitrogens is 2. The monoisotopic (exact) mass is 422 g/mol. The van der Waals surface area contributed by atoms with E-state index in [0.29, 0.717) is 11.5 Å². The van der Waals surface area contributed by atoms with Gasteiger partial charge in [0.15, 0.2) is 0 Å². The van der Waals surface area contributed by atoms with Crippen LogP contribution in [0.15, 0.2) is 48.7 Å². The summed E-state index contributed by atoms with van der Waals surface area (Å²) >= 11 is 0. The third-order valence-corrected chi connectivity index (χ3v) is 6.27. The smallest absolute Gasteiger partial charge is 0.261 e. The van der Waals surface area contributed by atoms with Gasteiger partial charge in [-0.3, -0.25) is 4.79 Å². The zero-order valence-corrected chi connectivity index (χ0v) is 17.2. The van der Waals surface area contributed by atoms with E-state index in [1.807, 2.05) is 49.4 Å². The van der Waals surface area contributed by atoms with Gasteiger partial charge in [-0.1, -0.05) is 35.9 Å². The summed E-state index contributed by atoms with van der Waals surface area (Å²) in [5.74, 6) is -0.0231. The molecule has 1 amide bonds. The molecule has 31 heavy (non-hydrogen) atoms. The van der Waals surface area contributed by atoms with Gasteiger partial charge in [0.05, 0.1) is 12.2 Å². The summed E-state index contributed by atoms with van der Waals surface area (Å²) in [5.41, 5.74) is 5.57.